The SMILES string of the molecule is CNC(=O)C(C)n1nc(C)c(Br)c1C. The van der Waals surface area contributed by atoms with Crippen LogP contribution in [0.2, 0.25) is 0 Å². The maximum atomic E-state index is 11.4. The molecule has 78 valence electrons. The van der Waals surface area contributed by atoms with E-state index < -0.39 is 0 Å². The van der Waals surface area contributed by atoms with Gasteiger partial charge in [0.15, 0.2) is 0 Å². The first-order valence-electron chi connectivity index (χ1n) is 4.41. The van der Waals surface area contributed by atoms with E-state index in [1.807, 2.05) is 20.8 Å². The van der Waals surface area contributed by atoms with Gasteiger partial charge in [-0.25, -0.2) is 0 Å². The smallest absolute Gasteiger partial charge is 0.244 e. The Kier molecular flexibility index (Phi) is 3.31. The lowest BCUT2D eigenvalue weighted by Gasteiger charge is -2.12. The number of amides is 1. The van der Waals surface area contributed by atoms with Crippen LogP contribution in [0.15, 0.2) is 4.47 Å². The van der Waals surface area contributed by atoms with E-state index >= 15 is 0 Å². The molecule has 0 bridgehead atoms. The summed E-state index contributed by atoms with van der Waals surface area (Å²) in [5, 5.41) is 6.89. The van der Waals surface area contributed by atoms with Crippen LogP contribution in [0.3, 0.4) is 0 Å². The van der Waals surface area contributed by atoms with E-state index in [9.17, 15) is 4.79 Å². The normalized spacial score (nSPS) is 12.6. The highest BCUT2D eigenvalue weighted by Crippen LogP contribution is 2.22. The molecular formula is C9H14BrN3O. The Balaban J connectivity index is 3.07. The Morgan fingerprint density at radius 3 is 2.50 bits per heavy atom. The molecule has 0 fully saturated rings. The van der Waals surface area contributed by atoms with Gasteiger partial charge in [0.05, 0.1) is 15.9 Å². The number of hydrogen-bond acceptors (Lipinski definition) is 2. The van der Waals surface area contributed by atoms with Crippen LogP contribution >= 0.6 is 15.9 Å². The van der Waals surface area contributed by atoms with Crippen LogP contribution in [-0.2, 0) is 4.79 Å². The van der Waals surface area contributed by atoms with Gasteiger partial charge in [-0.15, -0.1) is 0 Å². The van der Waals surface area contributed by atoms with E-state index in [-0.39, 0.29) is 11.9 Å². The summed E-state index contributed by atoms with van der Waals surface area (Å²) in [6.45, 7) is 5.67. The number of nitrogens with zero attached hydrogens (tertiary/aromatic N) is 2. The first-order valence-corrected chi connectivity index (χ1v) is 5.21. The number of carbonyl (C=O) groups is 1. The molecule has 1 heterocycles. The second kappa shape index (κ2) is 4.13. The van der Waals surface area contributed by atoms with Crippen LogP contribution in [0.4, 0.5) is 0 Å². The summed E-state index contributed by atoms with van der Waals surface area (Å²) in [5.74, 6) is -0.0388. The van der Waals surface area contributed by atoms with Gasteiger partial charge in [0, 0.05) is 7.05 Å². The van der Waals surface area contributed by atoms with Gasteiger partial charge in [-0.2, -0.15) is 5.10 Å². The van der Waals surface area contributed by atoms with E-state index in [0.29, 0.717) is 0 Å². The van der Waals surface area contributed by atoms with E-state index in [2.05, 4.69) is 26.3 Å². The van der Waals surface area contributed by atoms with Crippen LogP contribution in [0.25, 0.3) is 0 Å². The summed E-state index contributed by atoms with van der Waals surface area (Å²) in [7, 11) is 1.62. The second-order valence-electron chi connectivity index (χ2n) is 3.22. The maximum Gasteiger partial charge on any atom is 0.244 e. The van der Waals surface area contributed by atoms with Crippen molar-refractivity contribution in [1.29, 1.82) is 0 Å². The predicted molar refractivity (Wildman–Crippen MR) is 58.2 cm³/mol. The lowest BCUT2D eigenvalue weighted by Crippen LogP contribution is -2.29. The summed E-state index contributed by atoms with van der Waals surface area (Å²) >= 11 is 3.42. The number of rotatable bonds is 2. The van der Waals surface area contributed by atoms with Crippen LogP contribution in [-0.4, -0.2) is 22.7 Å². The Hall–Kier alpha value is -0.840. The molecule has 14 heavy (non-hydrogen) atoms. The first-order chi connectivity index (χ1) is 6.49. The van der Waals surface area contributed by atoms with Gasteiger partial charge in [-0.3, -0.25) is 9.48 Å². The van der Waals surface area contributed by atoms with Crippen molar-refractivity contribution in [2.75, 3.05) is 7.05 Å². The first kappa shape index (κ1) is 11.2. The third-order valence-corrected chi connectivity index (χ3v) is 3.38. The molecule has 0 radical (unpaired) electrons. The number of nitrogens with one attached hydrogen (secondary N) is 1. The lowest BCUT2D eigenvalue weighted by molar-refractivity contribution is -0.123. The zero-order chi connectivity index (χ0) is 10.9. The Morgan fingerprint density at radius 1 is 1.57 bits per heavy atom. The quantitative estimate of drug-likeness (QED) is 0.877. The average Bonchev–Trinajstić information content (AvgIpc) is 2.43. The summed E-state index contributed by atoms with van der Waals surface area (Å²) in [6, 6.07) is -0.273. The summed E-state index contributed by atoms with van der Waals surface area (Å²) < 4.78 is 2.69. The highest BCUT2D eigenvalue weighted by atomic mass is 79.9. The van der Waals surface area contributed by atoms with Crippen LogP contribution in [0.5, 0.6) is 0 Å². The zero-order valence-electron chi connectivity index (χ0n) is 8.76. The lowest BCUT2D eigenvalue weighted by atomic mass is 10.3. The number of carbonyl (C=O) groups excluding carboxylic acids is 1. The average molecular weight is 260 g/mol. The molecule has 0 aromatic carbocycles. The summed E-state index contributed by atoms with van der Waals surface area (Å²) in [6.07, 6.45) is 0. The molecule has 0 aliphatic rings. The second-order valence-corrected chi connectivity index (χ2v) is 4.01. The third-order valence-electron chi connectivity index (χ3n) is 2.23. The number of aryl methyl sites for hydroxylation is 1. The Bertz CT molecular complexity index is 359. The monoisotopic (exact) mass is 259 g/mol. The van der Waals surface area contributed by atoms with Crippen molar-refractivity contribution in [2.45, 2.75) is 26.8 Å². The van der Waals surface area contributed by atoms with Crippen molar-refractivity contribution in [2.24, 2.45) is 0 Å². The van der Waals surface area contributed by atoms with Crippen LogP contribution < -0.4 is 5.32 Å². The third kappa shape index (κ3) is 1.82. The molecule has 1 aromatic heterocycles. The van der Waals surface area contributed by atoms with E-state index in [1.165, 1.54) is 0 Å². The Labute approximate surface area is 91.8 Å². The molecule has 1 rings (SSSR count). The fourth-order valence-electron chi connectivity index (χ4n) is 1.34. The molecule has 0 saturated carbocycles. The summed E-state index contributed by atoms with van der Waals surface area (Å²) in [5.41, 5.74) is 1.87. The molecule has 1 amide bonds. The van der Waals surface area contributed by atoms with Gasteiger partial charge >= 0.3 is 0 Å². The van der Waals surface area contributed by atoms with Gasteiger partial charge in [0.25, 0.3) is 0 Å². The minimum absolute atomic E-state index is 0.0388. The molecule has 0 aliphatic heterocycles. The van der Waals surface area contributed by atoms with E-state index in [4.69, 9.17) is 0 Å². The van der Waals surface area contributed by atoms with Crippen molar-refractivity contribution in [3.63, 3.8) is 0 Å². The topological polar surface area (TPSA) is 46.9 Å². The number of halogens is 1. The van der Waals surface area contributed by atoms with Gasteiger partial charge in [-0.1, -0.05) is 0 Å². The molecule has 1 N–H and O–H groups in total. The minimum Gasteiger partial charge on any atom is -0.357 e. The zero-order valence-corrected chi connectivity index (χ0v) is 10.3. The Morgan fingerprint density at radius 2 is 2.14 bits per heavy atom. The van der Waals surface area contributed by atoms with E-state index in [1.54, 1.807) is 11.7 Å². The minimum atomic E-state index is -0.273. The molecule has 0 spiro atoms. The predicted octanol–water partition coefficient (Wildman–Crippen LogP) is 1.57. The fraction of sp³-hybridized carbons (Fsp3) is 0.556. The van der Waals surface area contributed by atoms with Crippen LogP contribution in [0.1, 0.15) is 24.4 Å². The summed E-state index contributed by atoms with van der Waals surface area (Å²) in [4.78, 5) is 11.4. The van der Waals surface area contributed by atoms with Crippen molar-refractivity contribution in [1.82, 2.24) is 15.1 Å². The largest absolute Gasteiger partial charge is 0.357 e. The molecule has 1 atom stereocenters. The van der Waals surface area contributed by atoms with Gasteiger partial charge in [0.1, 0.15) is 6.04 Å². The highest BCUT2D eigenvalue weighted by Gasteiger charge is 2.18. The highest BCUT2D eigenvalue weighted by molar-refractivity contribution is 9.10. The van der Waals surface area contributed by atoms with Crippen molar-refractivity contribution < 1.29 is 4.79 Å². The number of aromatic nitrogens is 2. The van der Waals surface area contributed by atoms with Gasteiger partial charge in [0.2, 0.25) is 5.91 Å². The molecular weight excluding hydrogens is 246 g/mol. The standard InChI is InChI=1S/C9H14BrN3O/c1-5-8(10)6(2)13(12-5)7(3)9(14)11-4/h7H,1-4H3,(H,11,14). The maximum absolute atomic E-state index is 11.4. The van der Waals surface area contributed by atoms with Gasteiger partial charge < -0.3 is 5.32 Å². The molecule has 0 saturated heterocycles. The molecule has 4 nitrogen and oxygen atoms in total. The van der Waals surface area contributed by atoms with Gasteiger partial charge in [-0.05, 0) is 36.7 Å². The van der Waals surface area contributed by atoms with Crippen molar-refractivity contribution >= 4 is 21.8 Å². The number of hydrogen-bond donors (Lipinski definition) is 1. The van der Waals surface area contributed by atoms with Crippen molar-refractivity contribution in [3.8, 4) is 0 Å². The van der Waals surface area contributed by atoms with Crippen molar-refractivity contribution in [3.05, 3.63) is 15.9 Å². The van der Waals surface area contributed by atoms with E-state index in [0.717, 1.165) is 15.9 Å². The number of likely N-dealkylation sites (N-methyl/N-ethyl adjacent to an activating group) is 1. The molecule has 5 heteroatoms. The molecule has 0 aliphatic carbocycles. The van der Waals surface area contributed by atoms with Crippen LogP contribution in [0, 0.1) is 13.8 Å². The fourth-order valence-corrected chi connectivity index (χ4v) is 1.60. The molecule has 1 aromatic rings. The molecule has 1 unspecified atom stereocenters.